The average Bonchev–Trinajstić information content (AvgIpc) is 2.06. The van der Waals surface area contributed by atoms with Crippen LogP contribution in [0.5, 0.6) is 0 Å². The molecule has 1 aromatic carbocycles. The molecule has 1 aromatic rings. The predicted molar refractivity (Wildman–Crippen MR) is 54.0 cm³/mol. The average molecular weight is 180 g/mol. The van der Waals surface area contributed by atoms with Crippen LogP contribution in [0.2, 0.25) is 0 Å². The third-order valence-corrected chi connectivity index (χ3v) is 1.74. The number of aryl methyl sites for hydroxylation is 1. The highest BCUT2D eigenvalue weighted by Gasteiger charge is 1.95. The fourth-order valence-corrected chi connectivity index (χ4v) is 0.951. The van der Waals surface area contributed by atoms with E-state index in [9.17, 15) is 0 Å². The van der Waals surface area contributed by atoms with Gasteiger partial charge in [0.1, 0.15) is 0 Å². The quantitative estimate of drug-likeness (QED) is 0.675. The molecule has 0 aliphatic heterocycles. The molecule has 1 N–H and O–H groups in total. The standard InChI is InChI=1S/C10H14.CH2O2/c1-8(2)10-6-4-9(3)5-7-10;2-1-3/h4-8H,1-3H3;1H,(H,2,3). The van der Waals surface area contributed by atoms with Crippen LogP contribution in [0.3, 0.4) is 0 Å². The smallest absolute Gasteiger partial charge is 0.290 e. The fourth-order valence-electron chi connectivity index (χ4n) is 0.951. The molecule has 0 aromatic heterocycles. The van der Waals surface area contributed by atoms with Crippen LogP contribution in [0.4, 0.5) is 0 Å². The van der Waals surface area contributed by atoms with E-state index in [0.29, 0.717) is 5.92 Å². The number of hydrogen-bond acceptors (Lipinski definition) is 1. The molecule has 0 radical (unpaired) electrons. The van der Waals surface area contributed by atoms with Crippen molar-refractivity contribution in [2.75, 3.05) is 0 Å². The van der Waals surface area contributed by atoms with Crippen molar-refractivity contribution in [2.45, 2.75) is 26.7 Å². The van der Waals surface area contributed by atoms with E-state index in [1.807, 2.05) is 0 Å². The highest BCUT2D eigenvalue weighted by molar-refractivity contribution is 5.32. The van der Waals surface area contributed by atoms with E-state index >= 15 is 0 Å². The summed E-state index contributed by atoms with van der Waals surface area (Å²) < 4.78 is 0. The van der Waals surface area contributed by atoms with Crippen LogP contribution >= 0.6 is 0 Å². The number of carboxylic acid groups (broad SMARTS) is 1. The number of hydrogen-bond donors (Lipinski definition) is 1. The minimum Gasteiger partial charge on any atom is -0.483 e. The van der Waals surface area contributed by atoms with Crippen LogP contribution in [-0.2, 0) is 4.79 Å². The molecule has 0 heterocycles. The molecule has 2 nitrogen and oxygen atoms in total. The third kappa shape index (κ3) is 5.01. The highest BCUT2D eigenvalue weighted by atomic mass is 16.3. The summed E-state index contributed by atoms with van der Waals surface area (Å²) in [4.78, 5) is 8.36. The van der Waals surface area contributed by atoms with Gasteiger partial charge < -0.3 is 5.11 Å². The summed E-state index contributed by atoms with van der Waals surface area (Å²) in [7, 11) is 0. The van der Waals surface area contributed by atoms with E-state index in [-0.39, 0.29) is 6.47 Å². The first kappa shape index (κ1) is 11.7. The lowest BCUT2D eigenvalue weighted by Crippen LogP contribution is -1.85. The Hall–Kier alpha value is -1.31. The maximum atomic E-state index is 8.36. The monoisotopic (exact) mass is 180 g/mol. The summed E-state index contributed by atoms with van der Waals surface area (Å²) in [5.41, 5.74) is 2.76. The summed E-state index contributed by atoms with van der Waals surface area (Å²) in [5.74, 6) is 0.653. The SMILES string of the molecule is Cc1ccc(C(C)C)cc1.O=CO. The molecule has 0 aliphatic rings. The maximum absolute atomic E-state index is 8.36. The van der Waals surface area contributed by atoms with Crippen molar-refractivity contribution in [1.82, 2.24) is 0 Å². The largest absolute Gasteiger partial charge is 0.483 e. The number of carbonyl (C=O) groups is 1. The zero-order valence-corrected chi connectivity index (χ0v) is 8.32. The van der Waals surface area contributed by atoms with Gasteiger partial charge in [0.25, 0.3) is 6.47 Å². The lowest BCUT2D eigenvalue weighted by atomic mass is 10.0. The Balaban J connectivity index is 0.000000424. The highest BCUT2D eigenvalue weighted by Crippen LogP contribution is 2.13. The predicted octanol–water partition coefficient (Wildman–Crippen LogP) is 2.82. The van der Waals surface area contributed by atoms with Crippen molar-refractivity contribution in [1.29, 1.82) is 0 Å². The first-order valence-electron chi connectivity index (χ1n) is 4.26. The summed E-state index contributed by atoms with van der Waals surface area (Å²) in [6, 6.07) is 8.71. The van der Waals surface area contributed by atoms with Crippen LogP contribution in [0.15, 0.2) is 24.3 Å². The van der Waals surface area contributed by atoms with E-state index in [0.717, 1.165) is 0 Å². The zero-order valence-electron chi connectivity index (χ0n) is 8.32. The molecule has 0 aliphatic carbocycles. The summed E-state index contributed by atoms with van der Waals surface area (Å²) in [6.07, 6.45) is 0. The van der Waals surface area contributed by atoms with Gasteiger partial charge in [0.15, 0.2) is 0 Å². The molecule has 0 unspecified atom stereocenters. The van der Waals surface area contributed by atoms with Crippen LogP contribution < -0.4 is 0 Å². The van der Waals surface area contributed by atoms with E-state index in [1.165, 1.54) is 11.1 Å². The van der Waals surface area contributed by atoms with E-state index < -0.39 is 0 Å². The summed E-state index contributed by atoms with van der Waals surface area (Å²) >= 11 is 0. The Bertz CT molecular complexity index is 237. The van der Waals surface area contributed by atoms with Gasteiger partial charge in [0.2, 0.25) is 0 Å². The van der Waals surface area contributed by atoms with E-state index in [4.69, 9.17) is 9.90 Å². The normalized spacial score (nSPS) is 8.92. The van der Waals surface area contributed by atoms with Crippen LogP contribution in [-0.4, -0.2) is 11.6 Å². The van der Waals surface area contributed by atoms with Crippen molar-refractivity contribution >= 4 is 6.47 Å². The minimum atomic E-state index is -0.250. The fraction of sp³-hybridized carbons (Fsp3) is 0.364. The molecule has 0 atom stereocenters. The van der Waals surface area contributed by atoms with E-state index in [2.05, 4.69) is 45.0 Å². The van der Waals surface area contributed by atoms with Gasteiger partial charge in [-0.1, -0.05) is 43.7 Å². The molecule has 0 amide bonds. The molecule has 0 saturated carbocycles. The topological polar surface area (TPSA) is 37.3 Å². The van der Waals surface area contributed by atoms with Crippen molar-refractivity contribution in [3.8, 4) is 0 Å². The van der Waals surface area contributed by atoms with Gasteiger partial charge in [-0.2, -0.15) is 0 Å². The maximum Gasteiger partial charge on any atom is 0.290 e. The molecule has 13 heavy (non-hydrogen) atoms. The molecular formula is C11H16O2. The summed E-state index contributed by atoms with van der Waals surface area (Å²) in [6.45, 7) is 6.29. The second kappa shape index (κ2) is 6.23. The molecule has 2 heteroatoms. The third-order valence-electron chi connectivity index (χ3n) is 1.74. The zero-order chi connectivity index (χ0) is 10.3. The second-order valence-corrected chi connectivity index (χ2v) is 3.17. The van der Waals surface area contributed by atoms with Crippen molar-refractivity contribution < 1.29 is 9.90 Å². The van der Waals surface area contributed by atoms with Crippen LogP contribution in [0.25, 0.3) is 0 Å². The molecule has 0 saturated heterocycles. The first-order valence-corrected chi connectivity index (χ1v) is 4.26. The van der Waals surface area contributed by atoms with Gasteiger partial charge in [-0.05, 0) is 18.4 Å². The lowest BCUT2D eigenvalue weighted by molar-refractivity contribution is -0.122. The van der Waals surface area contributed by atoms with Gasteiger partial charge in [0.05, 0.1) is 0 Å². The summed E-state index contributed by atoms with van der Waals surface area (Å²) in [5, 5.41) is 6.89. The van der Waals surface area contributed by atoms with E-state index in [1.54, 1.807) is 0 Å². The number of rotatable bonds is 1. The Kier molecular flexibility index (Phi) is 5.60. The van der Waals surface area contributed by atoms with Gasteiger partial charge >= 0.3 is 0 Å². The molecule has 0 fully saturated rings. The van der Waals surface area contributed by atoms with Crippen LogP contribution in [0, 0.1) is 6.92 Å². The van der Waals surface area contributed by atoms with Crippen molar-refractivity contribution in [2.24, 2.45) is 0 Å². The van der Waals surface area contributed by atoms with Gasteiger partial charge in [0, 0.05) is 0 Å². The lowest BCUT2D eigenvalue weighted by Gasteiger charge is -2.03. The molecule has 1 rings (SSSR count). The second-order valence-electron chi connectivity index (χ2n) is 3.17. The van der Waals surface area contributed by atoms with Crippen LogP contribution in [0.1, 0.15) is 30.9 Å². The molecule has 0 bridgehead atoms. The van der Waals surface area contributed by atoms with Gasteiger partial charge in [-0.25, -0.2) is 0 Å². The Morgan fingerprint density at radius 2 is 1.62 bits per heavy atom. The molecule has 72 valence electrons. The Morgan fingerprint density at radius 3 is 1.92 bits per heavy atom. The Labute approximate surface area is 79.2 Å². The van der Waals surface area contributed by atoms with Crippen molar-refractivity contribution in [3.63, 3.8) is 0 Å². The Morgan fingerprint density at radius 1 is 1.23 bits per heavy atom. The number of benzene rings is 1. The molecular weight excluding hydrogens is 164 g/mol. The van der Waals surface area contributed by atoms with Gasteiger partial charge in [-0.15, -0.1) is 0 Å². The first-order chi connectivity index (χ1) is 6.11. The van der Waals surface area contributed by atoms with Crippen molar-refractivity contribution in [3.05, 3.63) is 35.4 Å². The molecule has 0 spiro atoms. The minimum absolute atomic E-state index is 0.250. The van der Waals surface area contributed by atoms with Gasteiger partial charge in [-0.3, -0.25) is 4.79 Å².